The fourth-order valence-electron chi connectivity index (χ4n) is 3.43. The van der Waals surface area contributed by atoms with E-state index in [-0.39, 0.29) is 11.6 Å². The maximum absolute atomic E-state index is 13.1. The van der Waals surface area contributed by atoms with E-state index in [0.717, 1.165) is 12.1 Å². The number of hydrogen-bond donors (Lipinski definition) is 0. The molecule has 1 heterocycles. The second-order valence-electron chi connectivity index (χ2n) is 7.12. The van der Waals surface area contributed by atoms with Crippen LogP contribution in [-0.2, 0) is 0 Å². The Morgan fingerprint density at radius 1 is 1.10 bits per heavy atom. The highest BCUT2D eigenvalue weighted by atomic mass is 35.5. The molecule has 0 aliphatic carbocycles. The SMILES string of the molecule is CCCOc1c(Cl)cc(C(=O)N2CCN(c3ccc([N+](=O)[O-])cc3)CC2)cc1OCC. The molecular formula is C22H26ClN3O5. The third-order valence-corrected chi connectivity index (χ3v) is 5.28. The van der Waals surface area contributed by atoms with Gasteiger partial charge < -0.3 is 19.3 Å². The molecule has 0 atom stereocenters. The van der Waals surface area contributed by atoms with Gasteiger partial charge in [-0.3, -0.25) is 14.9 Å². The third kappa shape index (κ3) is 5.38. The second kappa shape index (κ2) is 10.3. The first kappa shape index (κ1) is 22.7. The van der Waals surface area contributed by atoms with Crippen LogP contribution in [0.5, 0.6) is 11.5 Å². The molecule has 0 spiro atoms. The fraction of sp³-hybridized carbons (Fsp3) is 0.409. The minimum Gasteiger partial charge on any atom is -0.490 e. The normalized spacial score (nSPS) is 13.8. The van der Waals surface area contributed by atoms with E-state index in [2.05, 4.69) is 4.90 Å². The third-order valence-electron chi connectivity index (χ3n) is 5.00. The Kier molecular flexibility index (Phi) is 7.57. The number of nitrogens with zero attached hydrogens (tertiary/aromatic N) is 3. The topological polar surface area (TPSA) is 85.2 Å². The van der Waals surface area contributed by atoms with Crippen molar-refractivity contribution in [3.8, 4) is 11.5 Å². The van der Waals surface area contributed by atoms with E-state index in [1.807, 2.05) is 13.8 Å². The summed E-state index contributed by atoms with van der Waals surface area (Å²) in [7, 11) is 0. The van der Waals surface area contributed by atoms with Crippen molar-refractivity contribution in [2.45, 2.75) is 20.3 Å². The largest absolute Gasteiger partial charge is 0.490 e. The van der Waals surface area contributed by atoms with Crippen molar-refractivity contribution in [3.05, 3.63) is 57.1 Å². The lowest BCUT2D eigenvalue weighted by Crippen LogP contribution is -2.48. The van der Waals surface area contributed by atoms with Crippen LogP contribution >= 0.6 is 11.6 Å². The molecule has 31 heavy (non-hydrogen) atoms. The molecule has 2 aromatic carbocycles. The minimum atomic E-state index is -0.416. The molecule has 8 nitrogen and oxygen atoms in total. The van der Waals surface area contributed by atoms with E-state index >= 15 is 0 Å². The lowest BCUT2D eigenvalue weighted by Gasteiger charge is -2.36. The molecular weight excluding hydrogens is 422 g/mol. The average molecular weight is 448 g/mol. The minimum absolute atomic E-state index is 0.0610. The highest BCUT2D eigenvalue weighted by Gasteiger charge is 2.25. The number of amides is 1. The number of piperazine rings is 1. The van der Waals surface area contributed by atoms with Gasteiger partial charge in [0, 0.05) is 49.6 Å². The summed E-state index contributed by atoms with van der Waals surface area (Å²) < 4.78 is 11.4. The van der Waals surface area contributed by atoms with Crippen molar-refractivity contribution in [1.82, 2.24) is 4.90 Å². The maximum atomic E-state index is 13.1. The summed E-state index contributed by atoms with van der Waals surface area (Å²) >= 11 is 6.40. The molecule has 1 aliphatic rings. The summed E-state index contributed by atoms with van der Waals surface area (Å²) in [6.07, 6.45) is 0.835. The molecule has 1 fully saturated rings. The number of halogens is 1. The van der Waals surface area contributed by atoms with Gasteiger partial charge in [-0.1, -0.05) is 18.5 Å². The van der Waals surface area contributed by atoms with E-state index in [9.17, 15) is 14.9 Å². The van der Waals surface area contributed by atoms with Crippen LogP contribution < -0.4 is 14.4 Å². The van der Waals surface area contributed by atoms with Crippen LogP contribution in [0.4, 0.5) is 11.4 Å². The molecule has 9 heteroatoms. The number of rotatable bonds is 8. The lowest BCUT2D eigenvalue weighted by atomic mass is 10.1. The molecule has 0 saturated carbocycles. The van der Waals surface area contributed by atoms with Gasteiger partial charge in [-0.2, -0.15) is 0 Å². The summed E-state index contributed by atoms with van der Waals surface area (Å²) in [4.78, 5) is 27.4. The lowest BCUT2D eigenvalue weighted by molar-refractivity contribution is -0.384. The molecule has 3 rings (SSSR count). The molecule has 2 aromatic rings. The maximum Gasteiger partial charge on any atom is 0.269 e. The standard InChI is InChI=1S/C22H26ClN3O5/c1-3-13-31-21-19(23)14-16(15-20(21)30-4-2)22(27)25-11-9-24(10-12-25)17-5-7-18(8-6-17)26(28)29/h5-8,14-15H,3-4,9-13H2,1-2H3. The summed E-state index contributed by atoms with van der Waals surface area (Å²) in [5.74, 6) is 0.814. The Bertz CT molecular complexity index is 927. The van der Waals surface area contributed by atoms with Gasteiger partial charge in [-0.05, 0) is 37.6 Å². The molecule has 166 valence electrons. The predicted molar refractivity (Wildman–Crippen MR) is 120 cm³/mol. The van der Waals surface area contributed by atoms with Gasteiger partial charge in [0.1, 0.15) is 0 Å². The monoisotopic (exact) mass is 447 g/mol. The quantitative estimate of drug-likeness (QED) is 0.440. The first-order valence-electron chi connectivity index (χ1n) is 10.3. The number of benzene rings is 2. The molecule has 0 aromatic heterocycles. The van der Waals surface area contributed by atoms with Crippen LogP contribution in [-0.4, -0.2) is 55.1 Å². The van der Waals surface area contributed by atoms with Crippen LogP contribution in [0.15, 0.2) is 36.4 Å². The number of anilines is 1. The van der Waals surface area contributed by atoms with Gasteiger partial charge in [0.25, 0.3) is 11.6 Å². The fourth-order valence-corrected chi connectivity index (χ4v) is 3.70. The number of hydrogen-bond acceptors (Lipinski definition) is 6. The van der Waals surface area contributed by atoms with Crippen LogP contribution in [0.2, 0.25) is 5.02 Å². The second-order valence-corrected chi connectivity index (χ2v) is 7.53. The van der Waals surface area contributed by atoms with E-state index in [1.165, 1.54) is 12.1 Å². The van der Waals surface area contributed by atoms with Gasteiger partial charge in [-0.25, -0.2) is 0 Å². The number of carbonyl (C=O) groups excluding carboxylic acids is 1. The van der Waals surface area contributed by atoms with E-state index < -0.39 is 4.92 Å². The zero-order valence-electron chi connectivity index (χ0n) is 17.7. The Morgan fingerprint density at radius 2 is 1.77 bits per heavy atom. The van der Waals surface area contributed by atoms with Gasteiger partial charge in [0.2, 0.25) is 0 Å². The first-order chi connectivity index (χ1) is 14.9. The van der Waals surface area contributed by atoms with E-state index in [1.54, 1.807) is 29.2 Å². The van der Waals surface area contributed by atoms with Gasteiger partial charge in [-0.15, -0.1) is 0 Å². The van der Waals surface area contributed by atoms with Gasteiger partial charge >= 0.3 is 0 Å². The van der Waals surface area contributed by atoms with E-state index in [4.69, 9.17) is 21.1 Å². The van der Waals surface area contributed by atoms with Crippen LogP contribution in [0.1, 0.15) is 30.6 Å². The Morgan fingerprint density at radius 3 is 2.35 bits per heavy atom. The molecule has 1 saturated heterocycles. The van der Waals surface area contributed by atoms with Crippen molar-refractivity contribution < 1.29 is 19.2 Å². The van der Waals surface area contributed by atoms with Crippen molar-refractivity contribution in [2.24, 2.45) is 0 Å². The molecule has 0 N–H and O–H groups in total. The van der Waals surface area contributed by atoms with Crippen molar-refractivity contribution >= 4 is 28.9 Å². The molecule has 1 aliphatic heterocycles. The van der Waals surface area contributed by atoms with Crippen molar-refractivity contribution in [2.75, 3.05) is 44.3 Å². The number of nitro groups is 1. The Labute approximate surface area is 186 Å². The van der Waals surface area contributed by atoms with Crippen LogP contribution in [0.25, 0.3) is 0 Å². The van der Waals surface area contributed by atoms with Crippen molar-refractivity contribution in [3.63, 3.8) is 0 Å². The van der Waals surface area contributed by atoms with E-state index in [0.29, 0.717) is 61.5 Å². The average Bonchev–Trinajstić information content (AvgIpc) is 2.78. The molecule has 0 radical (unpaired) electrons. The highest BCUT2D eigenvalue weighted by molar-refractivity contribution is 6.32. The number of ether oxygens (including phenoxy) is 2. The Hall–Kier alpha value is -3.00. The zero-order chi connectivity index (χ0) is 22.4. The first-order valence-corrected chi connectivity index (χ1v) is 10.7. The summed E-state index contributed by atoms with van der Waals surface area (Å²) in [6.45, 7) is 7.14. The summed E-state index contributed by atoms with van der Waals surface area (Å²) in [6, 6.07) is 9.77. The zero-order valence-corrected chi connectivity index (χ0v) is 18.4. The molecule has 1 amide bonds. The predicted octanol–water partition coefficient (Wildman–Crippen LogP) is 4.40. The summed E-state index contributed by atoms with van der Waals surface area (Å²) in [5, 5.41) is 11.2. The number of nitro benzene ring substituents is 1. The van der Waals surface area contributed by atoms with Gasteiger partial charge in [0.05, 0.1) is 23.2 Å². The van der Waals surface area contributed by atoms with Gasteiger partial charge in [0.15, 0.2) is 11.5 Å². The van der Waals surface area contributed by atoms with Crippen LogP contribution in [0, 0.1) is 10.1 Å². The molecule has 0 bridgehead atoms. The number of non-ortho nitro benzene ring substituents is 1. The van der Waals surface area contributed by atoms with Crippen molar-refractivity contribution in [1.29, 1.82) is 0 Å². The smallest absolute Gasteiger partial charge is 0.269 e. The highest BCUT2D eigenvalue weighted by Crippen LogP contribution is 2.37. The Balaban J connectivity index is 1.69. The van der Waals surface area contributed by atoms with Crippen LogP contribution in [0.3, 0.4) is 0 Å². The number of carbonyl (C=O) groups is 1. The summed E-state index contributed by atoms with van der Waals surface area (Å²) in [5.41, 5.74) is 1.42. The molecule has 0 unspecified atom stereocenters.